The summed E-state index contributed by atoms with van der Waals surface area (Å²) in [6.07, 6.45) is 2.86. The molecular weight excluding hydrogens is 356 g/mol. The first-order chi connectivity index (χ1) is 13.5. The van der Waals surface area contributed by atoms with Gasteiger partial charge in [-0.2, -0.15) is 0 Å². The van der Waals surface area contributed by atoms with Crippen LogP contribution in [0.15, 0.2) is 54.9 Å². The summed E-state index contributed by atoms with van der Waals surface area (Å²) in [6, 6.07) is 12.7. The molecular formula is C21H20N4O3. The van der Waals surface area contributed by atoms with Crippen molar-refractivity contribution < 1.29 is 14.3 Å². The van der Waals surface area contributed by atoms with Crippen LogP contribution in [0, 0.1) is 13.8 Å². The fraction of sp³-hybridized carbons (Fsp3) is 0.143. The van der Waals surface area contributed by atoms with E-state index in [1.165, 1.54) is 19.5 Å². The first kappa shape index (κ1) is 19.0. The number of ether oxygens (including phenoxy) is 1. The smallest absolute Gasteiger partial charge is 0.337 e. The van der Waals surface area contributed by atoms with E-state index in [1.807, 2.05) is 32.0 Å². The van der Waals surface area contributed by atoms with Crippen LogP contribution < -0.4 is 10.6 Å². The van der Waals surface area contributed by atoms with Crippen LogP contribution in [0.2, 0.25) is 0 Å². The number of hydrogen-bond acceptors (Lipinski definition) is 6. The van der Waals surface area contributed by atoms with E-state index in [1.54, 1.807) is 24.3 Å². The number of aromatic nitrogens is 2. The number of hydrogen-bond donors (Lipinski definition) is 2. The van der Waals surface area contributed by atoms with Crippen molar-refractivity contribution in [1.82, 2.24) is 9.97 Å². The molecule has 7 nitrogen and oxygen atoms in total. The number of nitrogens with one attached hydrogen (secondary N) is 2. The highest BCUT2D eigenvalue weighted by Gasteiger charge is 2.11. The Kier molecular flexibility index (Phi) is 5.64. The van der Waals surface area contributed by atoms with Gasteiger partial charge in [-0.05, 0) is 49.2 Å². The molecule has 0 saturated carbocycles. The summed E-state index contributed by atoms with van der Waals surface area (Å²) in [5, 5.41) is 5.89. The van der Waals surface area contributed by atoms with Gasteiger partial charge in [0.05, 0.1) is 25.1 Å². The van der Waals surface area contributed by atoms with Crippen LogP contribution >= 0.6 is 0 Å². The van der Waals surface area contributed by atoms with E-state index in [9.17, 15) is 9.59 Å². The van der Waals surface area contributed by atoms with Gasteiger partial charge in [0.1, 0.15) is 11.5 Å². The van der Waals surface area contributed by atoms with Crippen LogP contribution in [0.4, 0.5) is 17.2 Å². The second-order valence-corrected chi connectivity index (χ2v) is 6.26. The summed E-state index contributed by atoms with van der Waals surface area (Å²) in [5.74, 6) is -0.307. The Morgan fingerprint density at radius 3 is 2.54 bits per heavy atom. The van der Waals surface area contributed by atoms with Crippen LogP contribution in [0.25, 0.3) is 0 Å². The molecule has 0 spiro atoms. The van der Waals surface area contributed by atoms with Gasteiger partial charge in [0.2, 0.25) is 0 Å². The highest BCUT2D eigenvalue weighted by atomic mass is 16.5. The summed E-state index contributed by atoms with van der Waals surface area (Å²) in [4.78, 5) is 32.4. The van der Waals surface area contributed by atoms with E-state index in [-0.39, 0.29) is 11.6 Å². The summed E-state index contributed by atoms with van der Waals surface area (Å²) in [7, 11) is 1.33. The van der Waals surface area contributed by atoms with E-state index in [0.717, 1.165) is 16.8 Å². The summed E-state index contributed by atoms with van der Waals surface area (Å²) >= 11 is 0. The van der Waals surface area contributed by atoms with Crippen LogP contribution in [-0.2, 0) is 4.74 Å². The number of nitrogens with zero attached hydrogens (tertiary/aromatic N) is 2. The average molecular weight is 376 g/mol. The number of esters is 1. The maximum atomic E-state index is 12.4. The molecule has 7 heteroatoms. The molecule has 0 unspecified atom stereocenters. The second kappa shape index (κ2) is 8.30. The Labute approximate surface area is 162 Å². The van der Waals surface area contributed by atoms with Crippen molar-refractivity contribution >= 4 is 29.1 Å². The normalized spacial score (nSPS) is 10.2. The third kappa shape index (κ3) is 4.50. The zero-order chi connectivity index (χ0) is 20.1. The first-order valence-corrected chi connectivity index (χ1v) is 8.62. The van der Waals surface area contributed by atoms with Crippen molar-refractivity contribution in [3.05, 3.63) is 77.2 Å². The minimum Gasteiger partial charge on any atom is -0.465 e. The van der Waals surface area contributed by atoms with Crippen molar-refractivity contribution in [2.75, 3.05) is 17.7 Å². The molecule has 1 heterocycles. The lowest BCUT2D eigenvalue weighted by Crippen LogP contribution is -2.15. The van der Waals surface area contributed by atoms with E-state index in [0.29, 0.717) is 17.1 Å². The lowest BCUT2D eigenvalue weighted by molar-refractivity contribution is 0.0600. The summed E-state index contributed by atoms with van der Waals surface area (Å²) in [6.45, 7) is 3.89. The van der Waals surface area contributed by atoms with Crippen molar-refractivity contribution in [3.63, 3.8) is 0 Å². The predicted octanol–water partition coefficient (Wildman–Crippen LogP) is 3.88. The summed E-state index contributed by atoms with van der Waals surface area (Å²) in [5.41, 5.74) is 4.05. The molecule has 1 amide bonds. The molecule has 0 aliphatic heterocycles. The average Bonchev–Trinajstić information content (AvgIpc) is 2.71. The maximum absolute atomic E-state index is 12.4. The fourth-order valence-electron chi connectivity index (χ4n) is 2.56. The van der Waals surface area contributed by atoms with Crippen molar-refractivity contribution in [1.29, 1.82) is 0 Å². The van der Waals surface area contributed by atoms with Gasteiger partial charge in [-0.1, -0.05) is 18.2 Å². The molecule has 1 aromatic heterocycles. The van der Waals surface area contributed by atoms with Crippen molar-refractivity contribution in [2.45, 2.75) is 13.8 Å². The van der Waals surface area contributed by atoms with Gasteiger partial charge in [0, 0.05) is 11.4 Å². The third-order valence-corrected chi connectivity index (χ3v) is 4.08. The monoisotopic (exact) mass is 376 g/mol. The molecule has 0 aliphatic carbocycles. The molecule has 2 N–H and O–H groups in total. The molecule has 0 fully saturated rings. The SMILES string of the molecule is COC(=O)c1cccc(Nc2cnc(C(=O)Nc3cc(C)ccc3C)cn2)c1. The van der Waals surface area contributed by atoms with Crippen LogP contribution in [0.5, 0.6) is 0 Å². The van der Waals surface area contributed by atoms with Crippen molar-refractivity contribution in [3.8, 4) is 0 Å². The Bertz CT molecular complexity index is 1020. The Hall–Kier alpha value is -3.74. The van der Waals surface area contributed by atoms with Gasteiger partial charge in [-0.15, -0.1) is 0 Å². The lowest BCUT2D eigenvalue weighted by atomic mass is 10.1. The number of methoxy groups -OCH3 is 1. The number of rotatable bonds is 5. The molecule has 0 aliphatic rings. The number of aryl methyl sites for hydroxylation is 2. The van der Waals surface area contributed by atoms with E-state index in [4.69, 9.17) is 4.74 Å². The third-order valence-electron chi connectivity index (χ3n) is 4.08. The minimum absolute atomic E-state index is 0.203. The van der Waals surface area contributed by atoms with E-state index in [2.05, 4.69) is 20.6 Å². The Morgan fingerprint density at radius 1 is 1.00 bits per heavy atom. The highest BCUT2D eigenvalue weighted by molar-refractivity contribution is 6.03. The zero-order valence-electron chi connectivity index (χ0n) is 15.8. The standard InChI is InChI=1S/C21H20N4O3/c1-13-7-8-14(2)17(9-13)25-20(26)18-11-23-19(12-22-18)24-16-6-4-5-15(10-16)21(27)28-3/h4-12H,1-3H3,(H,23,24)(H,25,26). The van der Waals surface area contributed by atoms with E-state index < -0.39 is 5.97 Å². The van der Waals surface area contributed by atoms with Gasteiger partial charge in [-0.3, -0.25) is 4.79 Å². The lowest BCUT2D eigenvalue weighted by Gasteiger charge is -2.10. The molecule has 3 aromatic rings. The van der Waals surface area contributed by atoms with Gasteiger partial charge in [0.15, 0.2) is 0 Å². The molecule has 2 aromatic carbocycles. The molecule has 0 atom stereocenters. The minimum atomic E-state index is -0.423. The maximum Gasteiger partial charge on any atom is 0.337 e. The Morgan fingerprint density at radius 2 is 1.82 bits per heavy atom. The van der Waals surface area contributed by atoms with Gasteiger partial charge in [0.25, 0.3) is 5.91 Å². The van der Waals surface area contributed by atoms with Crippen molar-refractivity contribution in [2.24, 2.45) is 0 Å². The van der Waals surface area contributed by atoms with Crippen LogP contribution in [-0.4, -0.2) is 29.0 Å². The molecule has 0 saturated heterocycles. The molecule has 142 valence electrons. The Balaban J connectivity index is 1.70. The van der Waals surface area contributed by atoms with Gasteiger partial charge in [-0.25, -0.2) is 14.8 Å². The number of carbonyl (C=O) groups excluding carboxylic acids is 2. The van der Waals surface area contributed by atoms with E-state index >= 15 is 0 Å². The molecule has 28 heavy (non-hydrogen) atoms. The molecule has 0 bridgehead atoms. The van der Waals surface area contributed by atoms with Crippen LogP contribution in [0.1, 0.15) is 32.0 Å². The number of anilines is 3. The van der Waals surface area contributed by atoms with Crippen LogP contribution in [0.3, 0.4) is 0 Å². The molecule has 3 rings (SSSR count). The zero-order valence-corrected chi connectivity index (χ0v) is 15.8. The fourth-order valence-corrected chi connectivity index (χ4v) is 2.56. The quantitative estimate of drug-likeness (QED) is 0.657. The van der Waals surface area contributed by atoms with Gasteiger partial charge >= 0.3 is 5.97 Å². The highest BCUT2D eigenvalue weighted by Crippen LogP contribution is 2.18. The second-order valence-electron chi connectivity index (χ2n) is 6.26. The first-order valence-electron chi connectivity index (χ1n) is 8.62. The number of amides is 1. The largest absolute Gasteiger partial charge is 0.465 e. The molecule has 0 radical (unpaired) electrons. The summed E-state index contributed by atoms with van der Waals surface area (Å²) < 4.78 is 4.71. The van der Waals surface area contributed by atoms with Gasteiger partial charge < -0.3 is 15.4 Å². The number of carbonyl (C=O) groups is 2. The predicted molar refractivity (Wildman–Crippen MR) is 107 cm³/mol. The number of benzene rings is 2. The topological polar surface area (TPSA) is 93.2 Å².